The molecule has 130 valence electrons. The van der Waals surface area contributed by atoms with Crippen molar-refractivity contribution in [3.63, 3.8) is 0 Å². The van der Waals surface area contributed by atoms with Crippen LogP contribution in [0, 0.1) is 20.2 Å². The Balaban J connectivity index is 2.19. The predicted molar refractivity (Wildman–Crippen MR) is 97.6 cm³/mol. The highest BCUT2D eigenvalue weighted by Crippen LogP contribution is 2.30. The number of nitro benzene ring substituents is 2. The minimum atomic E-state index is -0.558. The van der Waals surface area contributed by atoms with Gasteiger partial charge in [0.15, 0.2) is 5.11 Å². The van der Waals surface area contributed by atoms with Crippen molar-refractivity contribution in [3.8, 4) is 5.75 Å². The van der Waals surface area contributed by atoms with Gasteiger partial charge in [-0.3, -0.25) is 20.2 Å². The molecule has 0 atom stereocenters. The van der Waals surface area contributed by atoms with Crippen LogP contribution in [-0.2, 0) is 0 Å². The monoisotopic (exact) mass is 382 g/mol. The normalized spacial score (nSPS) is 10.0. The molecule has 2 aromatic carbocycles. The quantitative estimate of drug-likeness (QED) is 0.452. The van der Waals surface area contributed by atoms with Crippen molar-refractivity contribution in [2.24, 2.45) is 0 Å². The van der Waals surface area contributed by atoms with Crippen molar-refractivity contribution in [1.29, 1.82) is 0 Å². The van der Waals surface area contributed by atoms with Crippen molar-refractivity contribution in [2.75, 3.05) is 17.7 Å². The van der Waals surface area contributed by atoms with E-state index in [2.05, 4.69) is 10.6 Å². The van der Waals surface area contributed by atoms with Crippen LogP contribution in [0.1, 0.15) is 0 Å². The van der Waals surface area contributed by atoms with Gasteiger partial charge in [-0.2, -0.15) is 0 Å². The highest BCUT2D eigenvalue weighted by molar-refractivity contribution is 7.80. The second kappa shape index (κ2) is 7.73. The van der Waals surface area contributed by atoms with Gasteiger partial charge in [-0.05, 0) is 24.4 Å². The number of nitro groups is 2. The van der Waals surface area contributed by atoms with Crippen molar-refractivity contribution in [1.82, 2.24) is 0 Å². The average molecular weight is 383 g/mol. The maximum Gasteiger partial charge on any atom is 0.273 e. The summed E-state index contributed by atoms with van der Waals surface area (Å²) in [6.07, 6.45) is 0. The van der Waals surface area contributed by atoms with Crippen molar-refractivity contribution < 1.29 is 14.6 Å². The summed E-state index contributed by atoms with van der Waals surface area (Å²) in [6.45, 7) is 0. The summed E-state index contributed by atoms with van der Waals surface area (Å²) in [6, 6.07) is 7.84. The van der Waals surface area contributed by atoms with Crippen molar-refractivity contribution in [3.05, 3.63) is 61.6 Å². The molecule has 0 amide bonds. The van der Waals surface area contributed by atoms with E-state index in [4.69, 9.17) is 28.6 Å². The minimum absolute atomic E-state index is 0.0783. The highest BCUT2D eigenvalue weighted by atomic mass is 35.5. The van der Waals surface area contributed by atoms with Gasteiger partial charge in [0.2, 0.25) is 0 Å². The van der Waals surface area contributed by atoms with Crippen LogP contribution in [0.5, 0.6) is 5.75 Å². The molecule has 11 heteroatoms. The number of benzene rings is 2. The van der Waals surface area contributed by atoms with E-state index in [0.29, 0.717) is 5.69 Å². The number of thiocarbonyl (C=S) groups is 1. The zero-order valence-corrected chi connectivity index (χ0v) is 14.3. The highest BCUT2D eigenvalue weighted by Gasteiger charge is 2.14. The van der Waals surface area contributed by atoms with Crippen LogP contribution < -0.4 is 15.4 Å². The molecule has 0 unspecified atom stereocenters. The summed E-state index contributed by atoms with van der Waals surface area (Å²) in [5.41, 5.74) is 0.340. The molecule has 0 aliphatic carbocycles. The number of hydrogen-bond donors (Lipinski definition) is 2. The first-order valence-corrected chi connectivity index (χ1v) is 7.45. The molecule has 2 N–H and O–H groups in total. The molecule has 0 spiro atoms. The van der Waals surface area contributed by atoms with E-state index >= 15 is 0 Å². The topological polar surface area (TPSA) is 120 Å². The van der Waals surface area contributed by atoms with E-state index in [9.17, 15) is 20.2 Å². The third-order valence-electron chi connectivity index (χ3n) is 3.05. The smallest absolute Gasteiger partial charge is 0.273 e. The second-order valence-electron chi connectivity index (χ2n) is 4.64. The molecular weight excluding hydrogens is 372 g/mol. The zero-order valence-electron chi connectivity index (χ0n) is 12.7. The molecule has 0 saturated heterocycles. The minimum Gasteiger partial charge on any atom is -0.494 e. The zero-order chi connectivity index (χ0) is 18.6. The van der Waals surface area contributed by atoms with Gasteiger partial charge in [0, 0.05) is 18.2 Å². The number of non-ortho nitro benzene ring substituents is 2. The van der Waals surface area contributed by atoms with E-state index in [-0.39, 0.29) is 32.9 Å². The average Bonchev–Trinajstić information content (AvgIpc) is 2.56. The first-order valence-electron chi connectivity index (χ1n) is 6.66. The van der Waals surface area contributed by atoms with Gasteiger partial charge >= 0.3 is 0 Å². The summed E-state index contributed by atoms with van der Waals surface area (Å²) in [7, 11) is 1.36. The fourth-order valence-electron chi connectivity index (χ4n) is 1.90. The molecular formula is C14H11ClN4O5S. The molecule has 9 nitrogen and oxygen atoms in total. The van der Waals surface area contributed by atoms with Gasteiger partial charge in [-0.1, -0.05) is 11.6 Å². The number of anilines is 2. The number of hydrogen-bond acceptors (Lipinski definition) is 6. The lowest BCUT2D eigenvalue weighted by atomic mass is 10.2. The second-order valence-corrected chi connectivity index (χ2v) is 5.46. The Bertz CT molecular complexity index is 861. The number of methoxy groups -OCH3 is 1. The van der Waals surface area contributed by atoms with E-state index in [1.807, 2.05) is 0 Å². The Hall–Kier alpha value is -2.98. The number of nitrogens with zero attached hydrogens (tertiary/aromatic N) is 2. The molecule has 0 bridgehead atoms. The Morgan fingerprint density at radius 1 is 1.04 bits per heavy atom. The molecule has 25 heavy (non-hydrogen) atoms. The van der Waals surface area contributed by atoms with Gasteiger partial charge in [0.05, 0.1) is 39.4 Å². The van der Waals surface area contributed by atoms with Crippen LogP contribution in [0.4, 0.5) is 22.7 Å². The Morgan fingerprint density at radius 2 is 1.60 bits per heavy atom. The lowest BCUT2D eigenvalue weighted by Crippen LogP contribution is -2.19. The maximum absolute atomic E-state index is 10.8. The predicted octanol–water partition coefficient (Wildman–Crippen LogP) is 3.97. The number of nitrogens with one attached hydrogen (secondary N) is 2. The van der Waals surface area contributed by atoms with Crippen LogP contribution in [0.25, 0.3) is 0 Å². The largest absolute Gasteiger partial charge is 0.494 e. The van der Waals surface area contributed by atoms with Gasteiger partial charge in [0.1, 0.15) is 5.75 Å². The molecule has 2 rings (SSSR count). The summed E-state index contributed by atoms with van der Waals surface area (Å²) in [4.78, 5) is 20.5. The molecule has 0 fully saturated rings. The molecule has 0 aromatic heterocycles. The SMILES string of the molecule is COc1cc([N+](=O)[O-])ccc1NC(=S)Nc1cc([N+](=O)[O-])ccc1Cl. The van der Waals surface area contributed by atoms with Gasteiger partial charge in [0.25, 0.3) is 11.4 Å². The van der Waals surface area contributed by atoms with Crippen LogP contribution in [0.15, 0.2) is 36.4 Å². The van der Waals surface area contributed by atoms with E-state index < -0.39 is 9.85 Å². The van der Waals surface area contributed by atoms with Crippen LogP contribution in [0.3, 0.4) is 0 Å². The number of rotatable bonds is 5. The first-order chi connectivity index (χ1) is 11.8. The fourth-order valence-corrected chi connectivity index (χ4v) is 2.28. The summed E-state index contributed by atoms with van der Waals surface area (Å²) in [5, 5.41) is 27.5. The Kier molecular flexibility index (Phi) is 5.67. The van der Waals surface area contributed by atoms with E-state index in [1.54, 1.807) is 0 Å². The lowest BCUT2D eigenvalue weighted by molar-refractivity contribution is -0.385. The molecule has 0 heterocycles. The van der Waals surface area contributed by atoms with Crippen molar-refractivity contribution in [2.45, 2.75) is 0 Å². The van der Waals surface area contributed by atoms with Gasteiger partial charge < -0.3 is 15.4 Å². The fraction of sp³-hybridized carbons (Fsp3) is 0.0714. The van der Waals surface area contributed by atoms with Crippen LogP contribution in [0.2, 0.25) is 5.02 Å². The summed E-state index contributed by atoms with van der Waals surface area (Å²) >= 11 is 11.1. The van der Waals surface area contributed by atoms with E-state index in [1.165, 1.54) is 43.5 Å². The standard InChI is InChI=1S/C14H11ClN4O5S/c1-24-13-7-9(19(22)23)3-5-11(13)16-14(25)17-12-6-8(18(20)21)2-4-10(12)15/h2-7H,1H3,(H2,16,17,25). The summed E-state index contributed by atoms with van der Waals surface area (Å²) in [5.74, 6) is 0.212. The molecule has 0 radical (unpaired) electrons. The van der Waals surface area contributed by atoms with Gasteiger partial charge in [-0.15, -0.1) is 0 Å². The number of halogens is 1. The van der Waals surface area contributed by atoms with E-state index in [0.717, 1.165) is 0 Å². The van der Waals surface area contributed by atoms with Crippen LogP contribution >= 0.6 is 23.8 Å². The third-order valence-corrected chi connectivity index (χ3v) is 3.59. The maximum atomic E-state index is 10.8. The summed E-state index contributed by atoms with van der Waals surface area (Å²) < 4.78 is 5.09. The Labute approximate surface area is 151 Å². The third kappa shape index (κ3) is 4.52. The molecule has 0 aliphatic heterocycles. The number of ether oxygens (including phenoxy) is 1. The first kappa shape index (κ1) is 18.4. The molecule has 2 aromatic rings. The van der Waals surface area contributed by atoms with Gasteiger partial charge in [-0.25, -0.2) is 0 Å². The lowest BCUT2D eigenvalue weighted by Gasteiger charge is -2.14. The van der Waals surface area contributed by atoms with Crippen LogP contribution in [-0.4, -0.2) is 22.1 Å². The Morgan fingerprint density at radius 3 is 2.20 bits per heavy atom. The van der Waals surface area contributed by atoms with Crippen molar-refractivity contribution >= 4 is 51.7 Å². The molecule has 0 saturated carbocycles. The molecule has 0 aliphatic rings.